The third-order valence-corrected chi connectivity index (χ3v) is 5.96. The van der Waals surface area contributed by atoms with Crippen LogP contribution in [0.1, 0.15) is 37.0 Å². The first-order chi connectivity index (χ1) is 17.4. The summed E-state index contributed by atoms with van der Waals surface area (Å²) in [6.07, 6.45) is 3.56. The number of hydrogen-bond donors (Lipinski definition) is 3. The fourth-order valence-electron chi connectivity index (χ4n) is 3.92. The molecule has 2 aromatic heterocycles. The van der Waals surface area contributed by atoms with Gasteiger partial charge < -0.3 is 25.2 Å². The summed E-state index contributed by atoms with van der Waals surface area (Å²) >= 11 is 0. The molecule has 2 aromatic carbocycles. The Hall–Kier alpha value is -3.91. The van der Waals surface area contributed by atoms with Crippen molar-refractivity contribution in [2.75, 3.05) is 31.4 Å². The van der Waals surface area contributed by atoms with Gasteiger partial charge in [-0.05, 0) is 67.6 Å². The van der Waals surface area contributed by atoms with Crippen LogP contribution in [0.15, 0.2) is 60.8 Å². The number of pyridine rings is 1. The highest BCUT2D eigenvalue weighted by Crippen LogP contribution is 2.28. The molecular weight excluding hydrogens is 454 g/mol. The maximum atomic E-state index is 10.1. The Morgan fingerprint density at radius 3 is 2.36 bits per heavy atom. The second-order valence-corrected chi connectivity index (χ2v) is 9.10. The molecule has 0 spiro atoms. The van der Waals surface area contributed by atoms with Gasteiger partial charge in [0.15, 0.2) is 17.1 Å². The molecule has 0 saturated carbocycles. The van der Waals surface area contributed by atoms with E-state index in [9.17, 15) is 5.11 Å². The quantitative estimate of drug-likeness (QED) is 0.256. The lowest BCUT2D eigenvalue weighted by molar-refractivity contribution is 0.0786. The number of nitrogens with zero attached hydrogens (tertiary/aromatic N) is 3. The maximum absolute atomic E-state index is 10.1. The van der Waals surface area contributed by atoms with Crippen molar-refractivity contribution in [3.05, 3.63) is 77.5 Å². The van der Waals surface area contributed by atoms with Crippen molar-refractivity contribution in [3.63, 3.8) is 0 Å². The van der Waals surface area contributed by atoms with Gasteiger partial charge in [-0.15, -0.1) is 0 Å². The summed E-state index contributed by atoms with van der Waals surface area (Å²) in [7, 11) is 3.25. The van der Waals surface area contributed by atoms with Crippen molar-refractivity contribution >= 4 is 22.8 Å². The molecule has 0 saturated heterocycles. The Morgan fingerprint density at radius 1 is 0.889 bits per heavy atom. The summed E-state index contributed by atoms with van der Waals surface area (Å²) in [5, 5.41) is 17.7. The van der Waals surface area contributed by atoms with Crippen LogP contribution < -0.4 is 20.1 Å². The largest absolute Gasteiger partial charge is 0.493 e. The van der Waals surface area contributed by atoms with Crippen LogP contribution in [0.4, 0.5) is 11.8 Å². The third kappa shape index (κ3) is 6.20. The summed E-state index contributed by atoms with van der Waals surface area (Å²) in [5.74, 6) is 2.63. The van der Waals surface area contributed by atoms with Crippen molar-refractivity contribution in [1.82, 2.24) is 15.0 Å². The molecule has 0 amide bonds. The number of aryl methyl sites for hydroxylation is 1. The summed E-state index contributed by atoms with van der Waals surface area (Å²) in [4.78, 5) is 13.7. The SMILES string of the molecule is COc1ccc(CNc2nc(NCCCc3ccc(C(C)(C)O)cc3)nc3ncccc23)cc1OC. The molecule has 0 radical (unpaired) electrons. The number of aromatic nitrogens is 3. The number of hydrogen-bond acceptors (Lipinski definition) is 8. The van der Waals surface area contributed by atoms with E-state index in [0.717, 1.165) is 35.9 Å². The van der Waals surface area contributed by atoms with E-state index >= 15 is 0 Å². The zero-order valence-electron chi connectivity index (χ0n) is 21.2. The first-order valence-corrected chi connectivity index (χ1v) is 12.0. The minimum absolute atomic E-state index is 0.536. The van der Waals surface area contributed by atoms with E-state index < -0.39 is 5.60 Å². The molecule has 3 N–H and O–H groups in total. The summed E-state index contributed by atoms with van der Waals surface area (Å²) < 4.78 is 10.7. The zero-order valence-corrected chi connectivity index (χ0v) is 21.2. The van der Waals surface area contributed by atoms with Crippen molar-refractivity contribution in [1.29, 1.82) is 0 Å². The number of anilines is 2. The zero-order chi connectivity index (χ0) is 25.5. The molecular formula is C28H33N5O3. The molecule has 188 valence electrons. The van der Waals surface area contributed by atoms with Crippen LogP contribution in [0.2, 0.25) is 0 Å². The molecule has 2 heterocycles. The van der Waals surface area contributed by atoms with E-state index in [1.807, 2.05) is 42.5 Å². The van der Waals surface area contributed by atoms with Gasteiger partial charge in [-0.2, -0.15) is 9.97 Å². The van der Waals surface area contributed by atoms with E-state index in [2.05, 4.69) is 32.7 Å². The van der Waals surface area contributed by atoms with Gasteiger partial charge in [-0.3, -0.25) is 0 Å². The molecule has 4 aromatic rings. The highest BCUT2D eigenvalue weighted by atomic mass is 16.5. The minimum Gasteiger partial charge on any atom is -0.493 e. The van der Waals surface area contributed by atoms with Gasteiger partial charge in [-0.25, -0.2) is 4.98 Å². The van der Waals surface area contributed by atoms with Gasteiger partial charge in [-0.1, -0.05) is 30.3 Å². The van der Waals surface area contributed by atoms with E-state index in [1.165, 1.54) is 5.56 Å². The number of ether oxygens (including phenoxy) is 2. The Kier molecular flexibility index (Phi) is 7.85. The molecule has 0 aliphatic heterocycles. The van der Waals surface area contributed by atoms with Crippen molar-refractivity contribution in [2.45, 2.75) is 38.8 Å². The normalized spacial score (nSPS) is 11.4. The van der Waals surface area contributed by atoms with Crippen LogP contribution in [-0.2, 0) is 18.6 Å². The molecule has 0 fully saturated rings. The predicted octanol–water partition coefficient (Wildman–Crippen LogP) is 4.93. The second-order valence-electron chi connectivity index (χ2n) is 9.10. The van der Waals surface area contributed by atoms with E-state index in [0.29, 0.717) is 35.5 Å². The molecule has 0 aliphatic rings. The molecule has 0 unspecified atom stereocenters. The fraction of sp³-hybridized carbons (Fsp3) is 0.321. The van der Waals surface area contributed by atoms with Gasteiger partial charge in [0.25, 0.3) is 0 Å². The van der Waals surface area contributed by atoms with Gasteiger partial charge >= 0.3 is 0 Å². The Bertz CT molecular complexity index is 1300. The first-order valence-electron chi connectivity index (χ1n) is 12.0. The summed E-state index contributed by atoms with van der Waals surface area (Å²) in [6.45, 7) is 4.87. The van der Waals surface area contributed by atoms with E-state index in [1.54, 1.807) is 34.3 Å². The van der Waals surface area contributed by atoms with Gasteiger partial charge in [0, 0.05) is 19.3 Å². The van der Waals surface area contributed by atoms with Crippen LogP contribution in [-0.4, -0.2) is 40.8 Å². The van der Waals surface area contributed by atoms with Crippen LogP contribution in [0.5, 0.6) is 11.5 Å². The fourth-order valence-corrected chi connectivity index (χ4v) is 3.92. The third-order valence-electron chi connectivity index (χ3n) is 5.96. The van der Waals surface area contributed by atoms with E-state index in [-0.39, 0.29) is 0 Å². The van der Waals surface area contributed by atoms with Crippen molar-refractivity contribution in [3.8, 4) is 11.5 Å². The molecule has 4 rings (SSSR count). The summed E-state index contributed by atoms with van der Waals surface area (Å²) in [6, 6.07) is 17.8. The molecule has 8 heteroatoms. The highest BCUT2D eigenvalue weighted by molar-refractivity contribution is 5.87. The molecule has 8 nitrogen and oxygen atoms in total. The smallest absolute Gasteiger partial charge is 0.226 e. The first kappa shape index (κ1) is 25.2. The lowest BCUT2D eigenvalue weighted by Gasteiger charge is -2.17. The van der Waals surface area contributed by atoms with Crippen molar-refractivity contribution in [2.24, 2.45) is 0 Å². The van der Waals surface area contributed by atoms with Gasteiger partial charge in [0.2, 0.25) is 5.95 Å². The maximum Gasteiger partial charge on any atom is 0.226 e. The van der Waals surface area contributed by atoms with Gasteiger partial charge in [0.05, 0.1) is 25.2 Å². The van der Waals surface area contributed by atoms with E-state index in [4.69, 9.17) is 14.5 Å². The number of benzene rings is 2. The number of methoxy groups -OCH3 is 2. The highest BCUT2D eigenvalue weighted by Gasteiger charge is 2.15. The molecule has 0 aliphatic carbocycles. The number of fused-ring (bicyclic) bond motifs is 1. The van der Waals surface area contributed by atoms with Crippen molar-refractivity contribution < 1.29 is 14.6 Å². The van der Waals surface area contributed by atoms with Crippen LogP contribution >= 0.6 is 0 Å². The molecule has 36 heavy (non-hydrogen) atoms. The monoisotopic (exact) mass is 487 g/mol. The molecule has 0 bridgehead atoms. The lowest BCUT2D eigenvalue weighted by Crippen LogP contribution is -2.15. The molecule has 0 atom stereocenters. The van der Waals surface area contributed by atoms with Crippen LogP contribution in [0.25, 0.3) is 11.0 Å². The second kappa shape index (κ2) is 11.2. The summed E-state index contributed by atoms with van der Waals surface area (Å²) in [5.41, 5.74) is 2.98. The average Bonchev–Trinajstić information content (AvgIpc) is 2.89. The average molecular weight is 488 g/mol. The number of nitrogens with one attached hydrogen (secondary N) is 2. The standard InChI is InChI=1S/C28H33N5O3/c1-28(2,34)21-12-9-19(10-13-21)7-5-16-30-27-32-25-22(8-6-15-29-25)26(33-27)31-18-20-11-14-23(35-3)24(17-20)36-4/h6,8-15,17,34H,5,7,16,18H2,1-4H3,(H2,29,30,31,32,33). The Balaban J connectivity index is 1.41. The van der Waals surface area contributed by atoms with Crippen LogP contribution in [0.3, 0.4) is 0 Å². The minimum atomic E-state index is -0.827. The Labute approximate surface area is 211 Å². The number of aliphatic hydroxyl groups is 1. The van der Waals surface area contributed by atoms with Crippen LogP contribution in [0, 0.1) is 0 Å². The predicted molar refractivity (Wildman–Crippen MR) is 143 cm³/mol. The Morgan fingerprint density at radius 2 is 1.64 bits per heavy atom. The number of rotatable bonds is 11. The van der Waals surface area contributed by atoms with Gasteiger partial charge in [0.1, 0.15) is 5.82 Å². The lowest BCUT2D eigenvalue weighted by atomic mass is 9.96. The topological polar surface area (TPSA) is 101 Å².